The van der Waals surface area contributed by atoms with Crippen molar-refractivity contribution >= 4 is 53.1 Å². The van der Waals surface area contributed by atoms with Crippen LogP contribution < -0.4 is 11.1 Å². The Morgan fingerprint density at radius 1 is 1.15 bits per heavy atom. The molecular formula is C18H24Cl3N3O2. The van der Waals surface area contributed by atoms with Gasteiger partial charge in [-0.2, -0.15) is 0 Å². The van der Waals surface area contributed by atoms with Gasteiger partial charge in [0.2, 0.25) is 11.8 Å². The molecule has 1 heterocycles. The average Bonchev–Trinajstić information content (AvgIpc) is 3.03. The second-order valence-electron chi connectivity index (χ2n) is 6.93. The van der Waals surface area contributed by atoms with Crippen molar-refractivity contribution in [2.45, 2.75) is 50.6 Å². The van der Waals surface area contributed by atoms with Crippen molar-refractivity contribution in [1.29, 1.82) is 0 Å². The van der Waals surface area contributed by atoms with Crippen LogP contribution in [0, 0.1) is 5.92 Å². The minimum Gasteiger partial charge on any atom is -0.330 e. The van der Waals surface area contributed by atoms with Gasteiger partial charge in [0.25, 0.3) is 0 Å². The molecule has 1 aromatic carbocycles. The molecule has 2 aliphatic rings. The molecule has 1 aliphatic heterocycles. The lowest BCUT2D eigenvalue weighted by Crippen LogP contribution is -2.51. The Morgan fingerprint density at radius 2 is 1.92 bits per heavy atom. The zero-order valence-electron chi connectivity index (χ0n) is 14.4. The van der Waals surface area contributed by atoms with Gasteiger partial charge < -0.3 is 16.0 Å². The van der Waals surface area contributed by atoms with E-state index in [0.29, 0.717) is 35.1 Å². The number of piperidine rings is 1. The number of carbonyl (C=O) groups is 2. The van der Waals surface area contributed by atoms with Crippen molar-refractivity contribution in [2.75, 3.05) is 11.9 Å². The Labute approximate surface area is 170 Å². The fourth-order valence-corrected chi connectivity index (χ4v) is 4.21. The number of hydrogen-bond donors (Lipinski definition) is 2. The maximum atomic E-state index is 12.9. The SMILES string of the molecule is Cl.NC1CCC(C(=O)N2CCCCC2C(=O)Nc2ccc(Cl)cc2Cl)C1. The van der Waals surface area contributed by atoms with E-state index in [-0.39, 0.29) is 36.2 Å². The molecule has 3 atom stereocenters. The largest absolute Gasteiger partial charge is 0.330 e. The molecule has 3 N–H and O–H groups in total. The van der Waals surface area contributed by atoms with Crippen LogP contribution in [0.15, 0.2) is 18.2 Å². The molecule has 1 aromatic rings. The number of rotatable bonds is 3. The molecule has 3 unspecified atom stereocenters. The number of likely N-dealkylation sites (tertiary alicyclic amines) is 1. The highest BCUT2D eigenvalue weighted by atomic mass is 35.5. The summed E-state index contributed by atoms with van der Waals surface area (Å²) in [7, 11) is 0. The molecule has 8 heteroatoms. The normalized spacial score (nSPS) is 25.5. The van der Waals surface area contributed by atoms with Crippen LogP contribution in [-0.2, 0) is 9.59 Å². The van der Waals surface area contributed by atoms with Gasteiger partial charge in [-0.05, 0) is 56.7 Å². The standard InChI is InChI=1S/C18H23Cl2N3O2.ClH/c19-12-5-7-15(14(20)10-12)22-17(24)16-3-1-2-8-23(16)18(25)11-4-6-13(21)9-11;/h5,7,10-11,13,16H,1-4,6,8-9,21H2,(H,22,24);1H. The van der Waals surface area contributed by atoms with Crippen LogP contribution in [0.5, 0.6) is 0 Å². The fourth-order valence-electron chi connectivity index (χ4n) is 3.75. The lowest BCUT2D eigenvalue weighted by Gasteiger charge is -2.36. The van der Waals surface area contributed by atoms with Crippen molar-refractivity contribution in [2.24, 2.45) is 11.7 Å². The van der Waals surface area contributed by atoms with E-state index in [1.54, 1.807) is 23.1 Å². The Hall–Kier alpha value is -1.01. The molecule has 0 spiro atoms. The highest BCUT2D eigenvalue weighted by Crippen LogP contribution is 2.30. The molecule has 2 amide bonds. The van der Waals surface area contributed by atoms with Crippen LogP contribution in [-0.4, -0.2) is 35.3 Å². The zero-order valence-corrected chi connectivity index (χ0v) is 16.7. The third kappa shape index (κ3) is 4.83. The molecule has 5 nitrogen and oxygen atoms in total. The number of amides is 2. The van der Waals surface area contributed by atoms with E-state index in [9.17, 15) is 9.59 Å². The van der Waals surface area contributed by atoms with Crippen LogP contribution in [0.4, 0.5) is 5.69 Å². The van der Waals surface area contributed by atoms with Crippen molar-refractivity contribution in [1.82, 2.24) is 4.90 Å². The third-order valence-electron chi connectivity index (χ3n) is 5.10. The van der Waals surface area contributed by atoms with Gasteiger partial charge in [-0.3, -0.25) is 9.59 Å². The van der Waals surface area contributed by atoms with Crippen LogP contribution >= 0.6 is 35.6 Å². The number of hydrogen-bond acceptors (Lipinski definition) is 3. The van der Waals surface area contributed by atoms with Crippen LogP contribution in [0.3, 0.4) is 0 Å². The van der Waals surface area contributed by atoms with E-state index in [1.165, 1.54) is 0 Å². The summed E-state index contributed by atoms with van der Waals surface area (Å²) in [5.41, 5.74) is 6.45. The Morgan fingerprint density at radius 3 is 2.58 bits per heavy atom. The van der Waals surface area contributed by atoms with Crippen LogP contribution in [0.25, 0.3) is 0 Å². The molecule has 0 radical (unpaired) electrons. The molecule has 1 aliphatic carbocycles. The first kappa shape index (κ1) is 21.3. The van der Waals surface area contributed by atoms with E-state index < -0.39 is 6.04 Å². The summed E-state index contributed by atoms with van der Waals surface area (Å²) in [6, 6.07) is 4.58. The molecule has 26 heavy (non-hydrogen) atoms. The predicted octanol–water partition coefficient (Wildman–Crippen LogP) is 3.86. The van der Waals surface area contributed by atoms with E-state index in [1.807, 2.05) is 0 Å². The van der Waals surface area contributed by atoms with Gasteiger partial charge in [0.1, 0.15) is 6.04 Å². The number of halogens is 3. The Bertz CT molecular complexity index is 671. The summed E-state index contributed by atoms with van der Waals surface area (Å²) >= 11 is 12.0. The molecule has 3 rings (SSSR count). The van der Waals surface area contributed by atoms with Crippen molar-refractivity contribution < 1.29 is 9.59 Å². The van der Waals surface area contributed by atoms with Crippen LogP contribution in [0.1, 0.15) is 38.5 Å². The third-order valence-corrected chi connectivity index (χ3v) is 5.65. The van der Waals surface area contributed by atoms with Gasteiger partial charge in [0.15, 0.2) is 0 Å². The minimum atomic E-state index is -0.454. The van der Waals surface area contributed by atoms with Crippen molar-refractivity contribution in [3.63, 3.8) is 0 Å². The van der Waals surface area contributed by atoms with Gasteiger partial charge in [0.05, 0.1) is 10.7 Å². The number of anilines is 1. The number of nitrogens with zero attached hydrogens (tertiary/aromatic N) is 1. The van der Waals surface area contributed by atoms with Gasteiger partial charge in [-0.25, -0.2) is 0 Å². The zero-order chi connectivity index (χ0) is 18.0. The number of nitrogens with one attached hydrogen (secondary N) is 1. The first-order valence-electron chi connectivity index (χ1n) is 8.77. The highest BCUT2D eigenvalue weighted by molar-refractivity contribution is 6.36. The van der Waals surface area contributed by atoms with Crippen LogP contribution in [0.2, 0.25) is 10.0 Å². The summed E-state index contributed by atoms with van der Waals surface area (Å²) < 4.78 is 0. The molecule has 144 valence electrons. The van der Waals surface area contributed by atoms with Crippen molar-refractivity contribution in [3.8, 4) is 0 Å². The fraction of sp³-hybridized carbons (Fsp3) is 0.556. The topological polar surface area (TPSA) is 75.4 Å². The predicted molar refractivity (Wildman–Crippen MR) is 107 cm³/mol. The quantitative estimate of drug-likeness (QED) is 0.779. The summed E-state index contributed by atoms with van der Waals surface area (Å²) in [4.78, 5) is 27.4. The van der Waals surface area contributed by atoms with Gasteiger partial charge in [-0.1, -0.05) is 23.2 Å². The van der Waals surface area contributed by atoms with E-state index in [2.05, 4.69) is 5.32 Å². The highest BCUT2D eigenvalue weighted by Gasteiger charge is 2.37. The molecular weight excluding hydrogens is 397 g/mol. The summed E-state index contributed by atoms with van der Waals surface area (Å²) in [5.74, 6) is -0.183. The monoisotopic (exact) mass is 419 g/mol. The molecule has 2 fully saturated rings. The van der Waals surface area contributed by atoms with E-state index >= 15 is 0 Å². The molecule has 0 aromatic heterocycles. The van der Waals surface area contributed by atoms with Gasteiger partial charge >= 0.3 is 0 Å². The summed E-state index contributed by atoms with van der Waals surface area (Å²) in [5, 5.41) is 3.74. The lowest BCUT2D eigenvalue weighted by molar-refractivity contribution is -0.143. The molecule has 1 saturated carbocycles. The molecule has 1 saturated heterocycles. The minimum absolute atomic E-state index is 0. The van der Waals surface area contributed by atoms with Gasteiger partial charge in [0, 0.05) is 23.5 Å². The second-order valence-corrected chi connectivity index (χ2v) is 7.77. The summed E-state index contributed by atoms with van der Waals surface area (Å²) in [6.45, 7) is 0.622. The second kappa shape index (κ2) is 9.27. The maximum absolute atomic E-state index is 12.9. The number of benzene rings is 1. The maximum Gasteiger partial charge on any atom is 0.247 e. The summed E-state index contributed by atoms with van der Waals surface area (Å²) in [6.07, 6.45) is 4.93. The molecule has 0 bridgehead atoms. The Kier molecular flexibility index (Phi) is 7.59. The van der Waals surface area contributed by atoms with Crippen molar-refractivity contribution in [3.05, 3.63) is 28.2 Å². The number of carbonyl (C=O) groups excluding carboxylic acids is 2. The first-order valence-corrected chi connectivity index (χ1v) is 9.53. The Balaban J connectivity index is 0.00000243. The lowest BCUT2D eigenvalue weighted by atomic mass is 9.97. The number of nitrogens with two attached hydrogens (primary N) is 1. The smallest absolute Gasteiger partial charge is 0.247 e. The van der Waals surface area contributed by atoms with E-state index in [0.717, 1.165) is 25.7 Å². The van der Waals surface area contributed by atoms with E-state index in [4.69, 9.17) is 28.9 Å². The average molecular weight is 421 g/mol. The first-order chi connectivity index (χ1) is 12.0. The van der Waals surface area contributed by atoms with Gasteiger partial charge in [-0.15, -0.1) is 12.4 Å².